The lowest BCUT2D eigenvalue weighted by Crippen LogP contribution is -2.25. The fourth-order valence-electron chi connectivity index (χ4n) is 0.912. The quantitative estimate of drug-likeness (QED) is 0.436. The third kappa shape index (κ3) is 1.47. The first kappa shape index (κ1) is 7.55. The Hall–Kier alpha value is -1.56. The van der Waals surface area contributed by atoms with Crippen molar-refractivity contribution in [1.82, 2.24) is 0 Å². The molecule has 56 valence electrons. The van der Waals surface area contributed by atoms with E-state index < -0.39 is 0 Å². The lowest BCUT2D eigenvalue weighted by atomic mass is 10.1. The van der Waals surface area contributed by atoms with E-state index in [9.17, 15) is 5.21 Å². The van der Waals surface area contributed by atoms with Gasteiger partial charge in [0.05, 0.1) is 11.6 Å². The van der Waals surface area contributed by atoms with Crippen LogP contribution < -0.4 is 4.73 Å². The summed E-state index contributed by atoms with van der Waals surface area (Å²) in [6.07, 6.45) is 3.47. The van der Waals surface area contributed by atoms with Crippen molar-refractivity contribution in [2.24, 2.45) is 0 Å². The normalized spacial score (nSPS) is 9.09. The molecule has 0 aliphatic carbocycles. The first-order valence-electron chi connectivity index (χ1n) is 3.39. The minimum absolute atomic E-state index is 0.583. The molecular weight excluding hydrogens is 140 g/mol. The Labute approximate surface area is 65.1 Å². The van der Waals surface area contributed by atoms with Crippen LogP contribution in [0.25, 0.3) is 0 Å². The molecule has 1 rings (SSSR count). The Bertz CT molecular complexity index is 301. The van der Waals surface area contributed by atoms with Gasteiger partial charge >= 0.3 is 0 Å². The minimum Gasteiger partial charge on any atom is -0.619 e. The molecule has 3 heteroatoms. The summed E-state index contributed by atoms with van der Waals surface area (Å²) < 4.78 is 0.708. The Morgan fingerprint density at radius 1 is 1.73 bits per heavy atom. The van der Waals surface area contributed by atoms with Crippen molar-refractivity contribution in [2.75, 3.05) is 0 Å². The van der Waals surface area contributed by atoms with Gasteiger partial charge in [0.2, 0.25) is 0 Å². The molecule has 11 heavy (non-hydrogen) atoms. The third-order valence-corrected chi connectivity index (χ3v) is 1.52. The maximum absolute atomic E-state index is 10.7. The van der Waals surface area contributed by atoms with E-state index >= 15 is 0 Å². The summed E-state index contributed by atoms with van der Waals surface area (Å²) >= 11 is 0. The number of aromatic nitrogens is 1. The summed E-state index contributed by atoms with van der Waals surface area (Å²) in [4.78, 5) is 0. The van der Waals surface area contributed by atoms with E-state index in [1.54, 1.807) is 0 Å². The summed E-state index contributed by atoms with van der Waals surface area (Å²) in [5.74, 6) is 0. The lowest BCUT2D eigenvalue weighted by Gasteiger charge is -1.99. The fraction of sp³-hybridized carbons (Fsp3) is 0.250. The van der Waals surface area contributed by atoms with Crippen molar-refractivity contribution in [1.29, 1.82) is 5.26 Å². The van der Waals surface area contributed by atoms with Crippen molar-refractivity contribution < 1.29 is 4.73 Å². The predicted octanol–water partition coefficient (Wildman–Crippen LogP) is 0.754. The van der Waals surface area contributed by atoms with Crippen LogP contribution in [-0.4, -0.2) is 0 Å². The molecule has 0 saturated carbocycles. The zero-order valence-electron chi connectivity index (χ0n) is 6.24. The molecular formula is C8H8N2O. The third-order valence-electron chi connectivity index (χ3n) is 1.52. The summed E-state index contributed by atoms with van der Waals surface area (Å²) in [7, 11) is 0. The Morgan fingerprint density at radius 3 is 3.00 bits per heavy atom. The van der Waals surface area contributed by atoms with Gasteiger partial charge in [-0.1, -0.05) is 6.92 Å². The second-order valence-electron chi connectivity index (χ2n) is 2.21. The predicted molar refractivity (Wildman–Crippen MR) is 39.5 cm³/mol. The van der Waals surface area contributed by atoms with Gasteiger partial charge in [0, 0.05) is 11.6 Å². The molecule has 0 fully saturated rings. The fourth-order valence-corrected chi connectivity index (χ4v) is 0.912. The van der Waals surface area contributed by atoms with Crippen molar-refractivity contribution in [3.63, 3.8) is 0 Å². The van der Waals surface area contributed by atoms with Crippen molar-refractivity contribution in [3.8, 4) is 6.07 Å². The van der Waals surface area contributed by atoms with Crippen LogP contribution in [0.3, 0.4) is 0 Å². The maximum Gasteiger partial charge on any atom is 0.184 e. The van der Waals surface area contributed by atoms with Crippen molar-refractivity contribution in [2.45, 2.75) is 13.3 Å². The van der Waals surface area contributed by atoms with E-state index in [-0.39, 0.29) is 0 Å². The van der Waals surface area contributed by atoms with E-state index in [1.165, 1.54) is 18.5 Å². The topological polar surface area (TPSA) is 50.7 Å². The number of hydrogen-bond acceptors (Lipinski definition) is 2. The van der Waals surface area contributed by atoms with Crippen LogP contribution in [0.1, 0.15) is 18.1 Å². The van der Waals surface area contributed by atoms with Gasteiger partial charge in [-0.05, 0) is 6.42 Å². The summed E-state index contributed by atoms with van der Waals surface area (Å²) in [6, 6.07) is 3.56. The van der Waals surface area contributed by atoms with Crippen LogP contribution >= 0.6 is 0 Å². The summed E-state index contributed by atoms with van der Waals surface area (Å²) in [5, 5.41) is 19.3. The van der Waals surface area contributed by atoms with Gasteiger partial charge in [-0.15, -0.1) is 0 Å². The van der Waals surface area contributed by atoms with E-state index in [4.69, 9.17) is 5.26 Å². The van der Waals surface area contributed by atoms with Gasteiger partial charge in [0.25, 0.3) is 0 Å². The average molecular weight is 148 g/mol. The highest BCUT2D eigenvalue weighted by atomic mass is 16.5. The van der Waals surface area contributed by atoms with Crippen LogP contribution in [0.15, 0.2) is 18.5 Å². The van der Waals surface area contributed by atoms with Gasteiger partial charge < -0.3 is 5.21 Å². The van der Waals surface area contributed by atoms with Crippen LogP contribution in [0.2, 0.25) is 0 Å². The van der Waals surface area contributed by atoms with Crippen molar-refractivity contribution in [3.05, 3.63) is 34.8 Å². The monoisotopic (exact) mass is 148 g/mol. The first-order chi connectivity index (χ1) is 5.27. The van der Waals surface area contributed by atoms with Gasteiger partial charge in [-0.3, -0.25) is 0 Å². The first-order valence-corrected chi connectivity index (χ1v) is 3.39. The number of nitriles is 1. The summed E-state index contributed by atoms with van der Waals surface area (Å²) in [6.45, 7) is 1.91. The highest BCUT2D eigenvalue weighted by Gasteiger charge is 2.02. The molecule has 0 unspecified atom stereocenters. The zero-order chi connectivity index (χ0) is 8.27. The van der Waals surface area contributed by atoms with Gasteiger partial charge in [-0.25, -0.2) is 0 Å². The molecule has 0 atom stereocenters. The van der Waals surface area contributed by atoms with Gasteiger partial charge in [0.1, 0.15) is 0 Å². The van der Waals surface area contributed by atoms with Crippen LogP contribution in [0.5, 0.6) is 0 Å². The molecule has 0 aliphatic heterocycles. The molecule has 0 N–H and O–H groups in total. The smallest absolute Gasteiger partial charge is 0.184 e. The summed E-state index contributed by atoms with van der Waals surface area (Å²) in [5.41, 5.74) is 1.38. The molecule has 0 spiro atoms. The molecule has 1 aromatic rings. The molecule has 0 aliphatic rings. The van der Waals surface area contributed by atoms with E-state index in [0.29, 0.717) is 16.7 Å². The standard InChI is InChI=1S/C8H8N2O/c1-2-7-6-10(11)4-3-8(7)5-9/h3-4,6H,2H2,1H3. The van der Waals surface area contributed by atoms with E-state index in [0.717, 1.165) is 5.56 Å². The Balaban J connectivity index is 3.19. The second-order valence-corrected chi connectivity index (χ2v) is 2.21. The van der Waals surface area contributed by atoms with Gasteiger partial charge in [-0.2, -0.15) is 9.99 Å². The highest BCUT2D eigenvalue weighted by Crippen LogP contribution is 2.03. The number of rotatable bonds is 1. The number of pyridine rings is 1. The lowest BCUT2D eigenvalue weighted by molar-refractivity contribution is -0.605. The average Bonchev–Trinajstić information content (AvgIpc) is 2.04. The van der Waals surface area contributed by atoms with Crippen LogP contribution in [0, 0.1) is 16.5 Å². The maximum atomic E-state index is 10.7. The molecule has 0 amide bonds. The van der Waals surface area contributed by atoms with E-state index in [2.05, 4.69) is 0 Å². The zero-order valence-corrected chi connectivity index (χ0v) is 6.24. The van der Waals surface area contributed by atoms with Crippen LogP contribution in [0.4, 0.5) is 0 Å². The van der Waals surface area contributed by atoms with Crippen LogP contribution in [-0.2, 0) is 6.42 Å². The molecule has 1 aromatic heterocycles. The Kier molecular flexibility index (Phi) is 2.07. The number of aryl methyl sites for hydroxylation is 1. The highest BCUT2D eigenvalue weighted by molar-refractivity contribution is 5.33. The molecule has 0 aromatic carbocycles. The SMILES string of the molecule is CCc1c[n+]([O-])ccc1C#N. The molecule has 0 radical (unpaired) electrons. The molecule has 0 saturated heterocycles. The molecule has 3 nitrogen and oxygen atoms in total. The van der Waals surface area contributed by atoms with Gasteiger partial charge in [0.15, 0.2) is 12.4 Å². The number of nitrogens with zero attached hydrogens (tertiary/aromatic N) is 2. The minimum atomic E-state index is 0.583. The Morgan fingerprint density at radius 2 is 2.45 bits per heavy atom. The van der Waals surface area contributed by atoms with Crippen molar-refractivity contribution >= 4 is 0 Å². The molecule has 0 bridgehead atoms. The molecule has 1 heterocycles. The second kappa shape index (κ2) is 3.02. The largest absolute Gasteiger partial charge is 0.619 e. The number of hydrogen-bond donors (Lipinski definition) is 0. The van der Waals surface area contributed by atoms with E-state index in [1.807, 2.05) is 13.0 Å².